The van der Waals surface area contributed by atoms with Crippen LogP contribution in [0.15, 0.2) is 72.8 Å². The highest BCUT2D eigenvalue weighted by atomic mass is 16.5. The van der Waals surface area contributed by atoms with Crippen molar-refractivity contribution in [2.45, 2.75) is 19.8 Å². The van der Waals surface area contributed by atoms with E-state index in [1.807, 2.05) is 31.2 Å². The monoisotopic (exact) mass is 501 g/mol. The summed E-state index contributed by atoms with van der Waals surface area (Å²) in [5.41, 5.74) is 2.45. The molecule has 0 saturated carbocycles. The molecule has 1 atom stereocenters. The lowest BCUT2D eigenvalue weighted by molar-refractivity contribution is -0.147. The van der Waals surface area contributed by atoms with Gasteiger partial charge in [0.1, 0.15) is 11.5 Å². The molecule has 1 heterocycles. The molecule has 3 aromatic rings. The maximum absolute atomic E-state index is 12.6. The van der Waals surface area contributed by atoms with Crippen LogP contribution in [0.4, 0.5) is 5.69 Å². The van der Waals surface area contributed by atoms with E-state index in [2.05, 4.69) is 0 Å². The van der Waals surface area contributed by atoms with Crippen molar-refractivity contribution in [2.75, 3.05) is 25.2 Å². The van der Waals surface area contributed by atoms with Gasteiger partial charge in [0.05, 0.1) is 18.6 Å². The number of esters is 2. The Balaban J connectivity index is 1.30. The summed E-state index contributed by atoms with van der Waals surface area (Å²) < 4.78 is 15.7. The maximum Gasteiger partial charge on any atom is 0.343 e. The summed E-state index contributed by atoms with van der Waals surface area (Å²) in [4.78, 5) is 51.7. The summed E-state index contributed by atoms with van der Waals surface area (Å²) >= 11 is 0. The number of methoxy groups -OCH3 is 1. The molecule has 0 aromatic heterocycles. The summed E-state index contributed by atoms with van der Waals surface area (Å²) in [5.74, 6) is -1.53. The van der Waals surface area contributed by atoms with Crippen molar-refractivity contribution in [1.29, 1.82) is 0 Å². The summed E-state index contributed by atoms with van der Waals surface area (Å²) in [6, 6.07) is 20.1. The van der Waals surface area contributed by atoms with Gasteiger partial charge in [0.25, 0.3) is 0 Å². The normalized spacial score (nSPS) is 14.8. The van der Waals surface area contributed by atoms with Gasteiger partial charge in [0.15, 0.2) is 12.4 Å². The molecule has 1 fully saturated rings. The topological polar surface area (TPSA) is 99.2 Å². The third-order valence-electron chi connectivity index (χ3n) is 6.16. The van der Waals surface area contributed by atoms with Crippen LogP contribution in [0.5, 0.6) is 11.5 Å². The predicted molar refractivity (Wildman–Crippen MR) is 136 cm³/mol. The zero-order chi connectivity index (χ0) is 26.4. The van der Waals surface area contributed by atoms with Gasteiger partial charge >= 0.3 is 11.9 Å². The minimum absolute atomic E-state index is 0.0401. The lowest BCUT2D eigenvalue weighted by Crippen LogP contribution is -2.28. The maximum atomic E-state index is 12.6. The SMILES string of the molecule is CCc1ccccc1N1C[C@H](C(=O)OCC(=O)c2ccc(OC(=O)c3cccc(OC)c3)cc2)CC1=O. The number of benzene rings is 3. The fourth-order valence-corrected chi connectivity index (χ4v) is 4.13. The Bertz CT molecular complexity index is 1320. The van der Waals surface area contributed by atoms with E-state index in [4.69, 9.17) is 14.2 Å². The van der Waals surface area contributed by atoms with E-state index in [0.29, 0.717) is 16.9 Å². The first-order valence-electron chi connectivity index (χ1n) is 11.9. The number of amides is 1. The molecule has 1 amide bonds. The molecule has 4 rings (SSSR count). The number of hydrogen-bond acceptors (Lipinski definition) is 7. The molecule has 1 aliphatic rings. The van der Waals surface area contributed by atoms with Crippen molar-refractivity contribution in [2.24, 2.45) is 5.92 Å². The van der Waals surface area contributed by atoms with Crippen molar-refractivity contribution >= 4 is 29.3 Å². The zero-order valence-electron chi connectivity index (χ0n) is 20.6. The van der Waals surface area contributed by atoms with Crippen molar-refractivity contribution in [3.63, 3.8) is 0 Å². The minimum Gasteiger partial charge on any atom is -0.497 e. The van der Waals surface area contributed by atoms with Crippen LogP contribution in [-0.4, -0.2) is 43.9 Å². The number of rotatable bonds is 9. The Morgan fingerprint density at radius 3 is 2.41 bits per heavy atom. The average molecular weight is 502 g/mol. The van der Waals surface area contributed by atoms with Crippen LogP contribution >= 0.6 is 0 Å². The first-order valence-corrected chi connectivity index (χ1v) is 11.9. The number of ether oxygens (including phenoxy) is 3. The summed E-state index contributed by atoms with van der Waals surface area (Å²) in [7, 11) is 1.51. The van der Waals surface area contributed by atoms with Crippen LogP contribution in [0.25, 0.3) is 0 Å². The molecule has 3 aromatic carbocycles. The molecule has 0 radical (unpaired) electrons. The molecule has 8 nitrogen and oxygen atoms in total. The molecule has 0 aliphatic carbocycles. The number of aryl methyl sites for hydroxylation is 1. The lowest BCUT2D eigenvalue weighted by Gasteiger charge is -2.19. The molecule has 190 valence electrons. The number of carbonyl (C=O) groups is 4. The number of anilines is 1. The van der Waals surface area contributed by atoms with Gasteiger partial charge in [-0.1, -0.05) is 31.2 Å². The smallest absolute Gasteiger partial charge is 0.343 e. The number of nitrogens with zero attached hydrogens (tertiary/aromatic N) is 1. The van der Waals surface area contributed by atoms with E-state index in [1.165, 1.54) is 31.4 Å². The molecule has 1 saturated heterocycles. The van der Waals surface area contributed by atoms with Crippen molar-refractivity contribution in [3.8, 4) is 11.5 Å². The Morgan fingerprint density at radius 2 is 1.68 bits per heavy atom. The largest absolute Gasteiger partial charge is 0.497 e. The highest BCUT2D eigenvalue weighted by molar-refractivity contribution is 6.01. The standard InChI is InChI=1S/C29H27NO7/c1-3-19-7-4-5-10-25(19)30-17-22(16-27(30)32)28(33)36-18-26(31)20-11-13-23(14-12-20)37-29(34)21-8-6-9-24(15-21)35-2/h4-15,22H,3,16-18H2,1-2H3/t22-/m1/s1. The Morgan fingerprint density at radius 1 is 0.919 bits per heavy atom. The number of ketones is 1. The molecule has 0 spiro atoms. The van der Waals surface area contributed by atoms with Gasteiger partial charge in [-0.25, -0.2) is 4.79 Å². The zero-order valence-corrected chi connectivity index (χ0v) is 20.6. The van der Waals surface area contributed by atoms with E-state index in [9.17, 15) is 19.2 Å². The summed E-state index contributed by atoms with van der Waals surface area (Å²) in [5, 5.41) is 0. The van der Waals surface area contributed by atoms with E-state index in [0.717, 1.165) is 17.7 Å². The average Bonchev–Trinajstić information content (AvgIpc) is 3.33. The molecule has 37 heavy (non-hydrogen) atoms. The quantitative estimate of drug-likeness (QED) is 0.245. The van der Waals surface area contributed by atoms with Crippen LogP contribution in [0, 0.1) is 5.92 Å². The van der Waals surface area contributed by atoms with Crippen LogP contribution in [0.2, 0.25) is 0 Å². The molecular formula is C29H27NO7. The number of hydrogen-bond donors (Lipinski definition) is 0. The lowest BCUT2D eigenvalue weighted by atomic mass is 10.1. The van der Waals surface area contributed by atoms with Gasteiger partial charge in [-0.15, -0.1) is 0 Å². The summed E-state index contributed by atoms with van der Waals surface area (Å²) in [6.45, 7) is 1.78. The molecule has 1 aliphatic heterocycles. The van der Waals surface area contributed by atoms with Crippen LogP contribution in [0.3, 0.4) is 0 Å². The van der Waals surface area contributed by atoms with E-state index in [-0.39, 0.29) is 24.6 Å². The van der Waals surface area contributed by atoms with E-state index >= 15 is 0 Å². The van der Waals surface area contributed by atoms with E-state index < -0.39 is 30.2 Å². The molecule has 8 heteroatoms. The highest BCUT2D eigenvalue weighted by Gasteiger charge is 2.37. The first-order chi connectivity index (χ1) is 17.9. The van der Waals surface area contributed by atoms with Crippen LogP contribution in [0.1, 0.15) is 39.6 Å². The van der Waals surface area contributed by atoms with Crippen molar-refractivity contribution < 1.29 is 33.4 Å². The Labute approximate surface area is 214 Å². The number of para-hydroxylation sites is 1. The molecule has 0 bridgehead atoms. The second-order valence-corrected chi connectivity index (χ2v) is 8.56. The minimum atomic E-state index is -0.636. The second kappa shape index (κ2) is 11.5. The van der Waals surface area contributed by atoms with Gasteiger partial charge in [0.2, 0.25) is 5.91 Å². The molecule has 0 unspecified atom stereocenters. The van der Waals surface area contributed by atoms with Gasteiger partial charge < -0.3 is 19.1 Å². The van der Waals surface area contributed by atoms with Gasteiger partial charge in [0, 0.05) is 24.2 Å². The first kappa shape index (κ1) is 25.6. The Hall–Kier alpha value is -4.46. The third-order valence-corrected chi connectivity index (χ3v) is 6.16. The van der Waals surface area contributed by atoms with Gasteiger partial charge in [-0.3, -0.25) is 14.4 Å². The van der Waals surface area contributed by atoms with Gasteiger partial charge in [-0.05, 0) is 60.5 Å². The fourth-order valence-electron chi connectivity index (χ4n) is 4.13. The third kappa shape index (κ3) is 6.03. The van der Waals surface area contributed by atoms with E-state index in [1.54, 1.807) is 29.2 Å². The Kier molecular flexibility index (Phi) is 7.98. The predicted octanol–water partition coefficient (Wildman–Crippen LogP) is 4.26. The second-order valence-electron chi connectivity index (χ2n) is 8.56. The number of Topliss-reactive ketones (excluding diaryl/α,β-unsaturated/α-hetero) is 1. The van der Waals surface area contributed by atoms with Crippen LogP contribution in [-0.2, 0) is 20.7 Å². The fraction of sp³-hybridized carbons (Fsp3) is 0.241. The number of carbonyl (C=O) groups excluding carboxylic acids is 4. The summed E-state index contributed by atoms with van der Waals surface area (Å²) in [6.07, 6.45) is 0.807. The van der Waals surface area contributed by atoms with Crippen LogP contribution < -0.4 is 14.4 Å². The van der Waals surface area contributed by atoms with Crippen molar-refractivity contribution in [3.05, 3.63) is 89.5 Å². The molecular weight excluding hydrogens is 474 g/mol. The van der Waals surface area contributed by atoms with Crippen molar-refractivity contribution in [1.82, 2.24) is 0 Å². The van der Waals surface area contributed by atoms with Gasteiger partial charge in [-0.2, -0.15) is 0 Å². The molecule has 0 N–H and O–H groups in total. The highest BCUT2D eigenvalue weighted by Crippen LogP contribution is 2.29.